The maximum atomic E-state index is 13.5. The Labute approximate surface area is 212 Å². The molecule has 9 nitrogen and oxygen atoms in total. The highest BCUT2D eigenvalue weighted by Crippen LogP contribution is 2.37. The van der Waals surface area contributed by atoms with Crippen molar-refractivity contribution in [3.8, 4) is 0 Å². The summed E-state index contributed by atoms with van der Waals surface area (Å²) >= 11 is 0. The highest BCUT2D eigenvalue weighted by Gasteiger charge is 2.46. The van der Waals surface area contributed by atoms with Gasteiger partial charge in [-0.25, -0.2) is 4.79 Å². The average Bonchev–Trinajstić information content (AvgIpc) is 2.66. The molecule has 0 saturated carbocycles. The van der Waals surface area contributed by atoms with E-state index in [9.17, 15) is 20.0 Å². The third-order valence-electron chi connectivity index (χ3n) is 7.05. The van der Waals surface area contributed by atoms with Crippen molar-refractivity contribution >= 4 is 12.0 Å². The second-order valence-corrected chi connectivity index (χ2v) is 13.2. The summed E-state index contributed by atoms with van der Waals surface area (Å²) in [6.45, 7) is 20.2. The number of urea groups is 1. The molecule has 0 aromatic heterocycles. The van der Waals surface area contributed by atoms with Crippen molar-refractivity contribution in [2.24, 2.45) is 0 Å². The van der Waals surface area contributed by atoms with Gasteiger partial charge in [0.25, 0.3) is 0 Å². The maximum Gasteiger partial charge on any atom is 0.317 e. The molecule has 1 atom stereocenters. The van der Waals surface area contributed by atoms with E-state index in [4.69, 9.17) is 5.11 Å². The van der Waals surface area contributed by atoms with Gasteiger partial charge in [-0.3, -0.25) is 4.79 Å². The zero-order chi connectivity index (χ0) is 27.4. The summed E-state index contributed by atoms with van der Waals surface area (Å²) in [4.78, 5) is 26.2. The van der Waals surface area contributed by atoms with Crippen LogP contribution in [0.2, 0.25) is 0 Å². The second kappa shape index (κ2) is 11.8. The minimum Gasteiger partial charge on any atom is -0.481 e. The molecule has 1 heterocycles. The van der Waals surface area contributed by atoms with E-state index in [-0.39, 0.29) is 24.5 Å². The van der Waals surface area contributed by atoms with Gasteiger partial charge in [-0.2, -0.15) is 10.1 Å². The highest BCUT2D eigenvalue weighted by molar-refractivity contribution is 5.75. The Bertz CT molecular complexity index is 699. The van der Waals surface area contributed by atoms with Gasteiger partial charge in [-0.05, 0) is 101 Å². The molecule has 0 bridgehead atoms. The smallest absolute Gasteiger partial charge is 0.317 e. The van der Waals surface area contributed by atoms with Crippen molar-refractivity contribution < 1.29 is 25.1 Å². The molecule has 1 rings (SSSR count). The first-order chi connectivity index (χ1) is 15.7. The third-order valence-corrected chi connectivity index (χ3v) is 7.05. The minimum absolute atomic E-state index is 0.0884. The zero-order valence-electron chi connectivity index (χ0n) is 23.8. The van der Waals surface area contributed by atoms with E-state index in [1.54, 1.807) is 0 Å². The average molecular weight is 501 g/mol. The summed E-state index contributed by atoms with van der Waals surface area (Å²) in [5.74, 6) is -0.805. The second-order valence-electron chi connectivity index (χ2n) is 13.2. The van der Waals surface area contributed by atoms with Gasteiger partial charge in [0.15, 0.2) is 0 Å². The van der Waals surface area contributed by atoms with Crippen molar-refractivity contribution in [2.45, 2.75) is 148 Å². The van der Waals surface area contributed by atoms with Crippen LogP contribution in [0, 0.1) is 0 Å². The SMILES string of the molecule is CC(CC(C)(C)N(O)C(C)(C)C)N(CCCCCC(=O)O)C(=O)NC1CC(C)(C)N(O)C(C)(C)C1. The fourth-order valence-corrected chi connectivity index (χ4v) is 5.71. The number of amides is 2. The quantitative estimate of drug-likeness (QED) is 0.230. The molecule has 1 aliphatic rings. The fourth-order valence-electron chi connectivity index (χ4n) is 5.71. The molecule has 1 unspecified atom stereocenters. The van der Waals surface area contributed by atoms with E-state index in [1.165, 1.54) is 10.1 Å². The molecule has 1 aliphatic heterocycles. The third kappa shape index (κ3) is 9.19. The highest BCUT2D eigenvalue weighted by atomic mass is 16.5. The summed E-state index contributed by atoms with van der Waals surface area (Å²) < 4.78 is 0. The first-order valence-electron chi connectivity index (χ1n) is 13.0. The molecule has 9 heteroatoms. The fraction of sp³-hybridized carbons (Fsp3) is 0.923. The van der Waals surface area contributed by atoms with E-state index in [1.807, 2.05) is 74.1 Å². The number of carboxylic acids is 1. The van der Waals surface area contributed by atoms with E-state index in [2.05, 4.69) is 5.32 Å². The van der Waals surface area contributed by atoms with Gasteiger partial charge in [-0.15, -0.1) is 0 Å². The van der Waals surface area contributed by atoms with Crippen LogP contribution in [0.5, 0.6) is 0 Å². The Morgan fingerprint density at radius 1 is 1.03 bits per heavy atom. The number of piperidine rings is 1. The predicted octanol–water partition coefficient (Wildman–Crippen LogP) is 5.10. The number of nitrogens with one attached hydrogen (secondary N) is 1. The number of aliphatic carboxylic acids is 1. The van der Waals surface area contributed by atoms with Gasteiger partial charge in [-0.1, -0.05) is 6.42 Å². The van der Waals surface area contributed by atoms with Crippen LogP contribution in [0.4, 0.5) is 4.79 Å². The van der Waals surface area contributed by atoms with Crippen LogP contribution < -0.4 is 5.32 Å². The van der Waals surface area contributed by atoms with Crippen LogP contribution in [0.15, 0.2) is 0 Å². The first-order valence-corrected chi connectivity index (χ1v) is 13.0. The number of hydrogen-bond acceptors (Lipinski definition) is 6. The van der Waals surface area contributed by atoms with Crippen LogP contribution >= 0.6 is 0 Å². The zero-order valence-corrected chi connectivity index (χ0v) is 23.8. The van der Waals surface area contributed by atoms with E-state index >= 15 is 0 Å². The summed E-state index contributed by atoms with van der Waals surface area (Å²) in [5, 5.41) is 36.3. The largest absolute Gasteiger partial charge is 0.481 e. The number of hydrogen-bond donors (Lipinski definition) is 4. The summed E-state index contributed by atoms with van der Waals surface area (Å²) in [5.41, 5.74) is -1.95. The molecular formula is C26H52N4O5. The van der Waals surface area contributed by atoms with Crippen molar-refractivity contribution in [1.82, 2.24) is 20.3 Å². The predicted molar refractivity (Wildman–Crippen MR) is 138 cm³/mol. The number of carboxylic acid groups (broad SMARTS) is 1. The number of carbonyl (C=O) groups is 2. The molecule has 0 aromatic rings. The topological polar surface area (TPSA) is 117 Å². The minimum atomic E-state index is -0.805. The van der Waals surface area contributed by atoms with Crippen LogP contribution in [0.3, 0.4) is 0 Å². The lowest BCUT2D eigenvalue weighted by Crippen LogP contribution is -2.64. The van der Waals surface area contributed by atoms with Crippen LogP contribution in [-0.4, -0.2) is 83.3 Å². The van der Waals surface area contributed by atoms with Gasteiger partial charge in [0.05, 0.1) is 0 Å². The van der Waals surface area contributed by atoms with E-state index in [0.29, 0.717) is 38.6 Å². The molecule has 2 amide bonds. The number of rotatable bonds is 11. The van der Waals surface area contributed by atoms with Crippen molar-refractivity contribution in [2.75, 3.05) is 6.54 Å². The van der Waals surface area contributed by atoms with Crippen LogP contribution in [0.25, 0.3) is 0 Å². The van der Waals surface area contributed by atoms with Gasteiger partial charge in [0.1, 0.15) is 0 Å². The molecule has 4 N–H and O–H groups in total. The van der Waals surface area contributed by atoms with Crippen LogP contribution in [-0.2, 0) is 4.79 Å². The maximum absolute atomic E-state index is 13.5. The summed E-state index contributed by atoms with van der Waals surface area (Å²) in [6, 6.07) is -0.398. The van der Waals surface area contributed by atoms with Crippen molar-refractivity contribution in [1.29, 1.82) is 0 Å². The Morgan fingerprint density at radius 2 is 1.54 bits per heavy atom. The van der Waals surface area contributed by atoms with Crippen LogP contribution in [0.1, 0.15) is 114 Å². The molecule has 0 spiro atoms. The Balaban J connectivity index is 3.00. The molecule has 0 aromatic carbocycles. The van der Waals surface area contributed by atoms with Gasteiger partial charge in [0, 0.05) is 47.2 Å². The monoisotopic (exact) mass is 500 g/mol. The Kier molecular flexibility index (Phi) is 10.6. The standard InChI is InChI=1S/C26H52N4O5/c1-19(16-24(5,6)29(34)23(2,3)4)28(15-13-11-12-14-21(31)32)22(33)27-20-17-25(7,8)30(35)26(9,10)18-20/h19-20,34-35H,11-18H2,1-10H3,(H,27,33)(H,31,32). The molecular weight excluding hydrogens is 448 g/mol. The molecule has 1 fully saturated rings. The van der Waals surface area contributed by atoms with Gasteiger partial charge in [0.2, 0.25) is 0 Å². The first kappa shape index (κ1) is 31.6. The van der Waals surface area contributed by atoms with E-state index < -0.39 is 28.1 Å². The van der Waals surface area contributed by atoms with Crippen molar-refractivity contribution in [3.05, 3.63) is 0 Å². The summed E-state index contributed by atoms with van der Waals surface area (Å²) in [7, 11) is 0. The lowest BCUT2D eigenvalue weighted by Gasteiger charge is -2.51. The van der Waals surface area contributed by atoms with Crippen molar-refractivity contribution in [3.63, 3.8) is 0 Å². The Hall–Kier alpha value is -1.42. The lowest BCUT2D eigenvalue weighted by atomic mass is 9.79. The normalized spacial score (nSPS) is 20.0. The lowest BCUT2D eigenvalue weighted by molar-refractivity contribution is -0.245. The molecule has 0 aliphatic carbocycles. The summed E-state index contributed by atoms with van der Waals surface area (Å²) in [6.07, 6.45) is 3.96. The Morgan fingerprint density at radius 3 is 2.00 bits per heavy atom. The number of carbonyl (C=O) groups excluding carboxylic acids is 1. The number of nitrogens with zero attached hydrogens (tertiary/aromatic N) is 3. The number of unbranched alkanes of at least 4 members (excludes halogenated alkanes) is 2. The molecule has 1 saturated heterocycles. The molecule has 206 valence electrons. The van der Waals surface area contributed by atoms with Gasteiger partial charge >= 0.3 is 12.0 Å². The molecule has 0 radical (unpaired) electrons. The van der Waals surface area contributed by atoms with Gasteiger partial charge < -0.3 is 25.7 Å². The number of hydroxylamine groups is 4. The van der Waals surface area contributed by atoms with E-state index in [0.717, 1.165) is 6.42 Å². The molecule has 35 heavy (non-hydrogen) atoms.